The summed E-state index contributed by atoms with van der Waals surface area (Å²) in [5.41, 5.74) is 12.6. The summed E-state index contributed by atoms with van der Waals surface area (Å²) < 4.78 is 0. The average Bonchev–Trinajstić information content (AvgIpc) is 2.18. The Morgan fingerprint density at radius 1 is 1.36 bits per heavy atom. The van der Waals surface area contributed by atoms with Gasteiger partial charge in [0.2, 0.25) is 0 Å². The van der Waals surface area contributed by atoms with E-state index in [0.29, 0.717) is 23.5 Å². The summed E-state index contributed by atoms with van der Waals surface area (Å²) in [4.78, 5) is 11.5. The Bertz CT molecular complexity index is 336. The molecule has 0 fully saturated rings. The molecule has 0 spiro atoms. The van der Waals surface area contributed by atoms with Gasteiger partial charge in [-0.05, 0) is 24.6 Å². The Labute approximate surface area is 83.3 Å². The van der Waals surface area contributed by atoms with Crippen LogP contribution in [0.1, 0.15) is 23.7 Å². The smallest absolute Gasteiger partial charge is 0.251 e. The minimum absolute atomic E-state index is 0.112. The van der Waals surface area contributed by atoms with Crippen molar-refractivity contribution in [1.82, 2.24) is 5.32 Å². The van der Waals surface area contributed by atoms with Gasteiger partial charge in [-0.3, -0.25) is 4.79 Å². The van der Waals surface area contributed by atoms with Gasteiger partial charge in [-0.1, -0.05) is 6.92 Å². The number of benzene rings is 1. The van der Waals surface area contributed by atoms with E-state index in [0.717, 1.165) is 6.42 Å². The van der Waals surface area contributed by atoms with Crippen molar-refractivity contribution in [3.63, 3.8) is 0 Å². The lowest BCUT2D eigenvalue weighted by atomic mass is 10.1. The number of hydrogen-bond donors (Lipinski definition) is 3. The van der Waals surface area contributed by atoms with Crippen molar-refractivity contribution < 1.29 is 4.79 Å². The highest BCUT2D eigenvalue weighted by molar-refractivity contribution is 5.95. The molecule has 1 rings (SSSR count). The molecule has 0 radical (unpaired) electrons. The second-order valence-corrected chi connectivity index (χ2v) is 3.10. The topological polar surface area (TPSA) is 81.1 Å². The maximum absolute atomic E-state index is 11.5. The van der Waals surface area contributed by atoms with Crippen LogP contribution in [0.25, 0.3) is 0 Å². The molecule has 1 aromatic carbocycles. The first-order chi connectivity index (χ1) is 6.65. The Balaban J connectivity index is 2.76. The Kier molecular flexibility index (Phi) is 3.34. The van der Waals surface area contributed by atoms with E-state index < -0.39 is 0 Å². The molecule has 0 heterocycles. The summed E-state index contributed by atoms with van der Waals surface area (Å²) in [6.45, 7) is 2.67. The molecular weight excluding hydrogens is 178 g/mol. The Morgan fingerprint density at radius 3 is 2.64 bits per heavy atom. The van der Waals surface area contributed by atoms with E-state index >= 15 is 0 Å². The van der Waals surface area contributed by atoms with E-state index in [1.54, 1.807) is 18.2 Å². The fraction of sp³-hybridized carbons (Fsp3) is 0.300. The van der Waals surface area contributed by atoms with E-state index in [9.17, 15) is 4.79 Å². The third kappa shape index (κ3) is 2.39. The van der Waals surface area contributed by atoms with E-state index in [1.807, 2.05) is 6.92 Å². The zero-order valence-corrected chi connectivity index (χ0v) is 8.21. The molecule has 0 aliphatic rings. The average molecular weight is 193 g/mol. The van der Waals surface area contributed by atoms with Gasteiger partial charge in [-0.2, -0.15) is 0 Å². The maximum atomic E-state index is 11.5. The van der Waals surface area contributed by atoms with Gasteiger partial charge in [0.25, 0.3) is 5.91 Å². The number of amides is 1. The van der Waals surface area contributed by atoms with Gasteiger partial charge in [0, 0.05) is 12.1 Å². The van der Waals surface area contributed by atoms with Crippen molar-refractivity contribution >= 4 is 17.3 Å². The lowest BCUT2D eigenvalue weighted by Crippen LogP contribution is -2.24. The standard InChI is InChI=1S/C10H15N3O/c1-2-5-13-10(14)7-3-4-8(11)9(12)6-7/h3-4,6H,2,5,11-12H2,1H3,(H,13,14). The first-order valence-electron chi connectivity index (χ1n) is 4.58. The number of anilines is 2. The molecule has 0 saturated heterocycles. The highest BCUT2D eigenvalue weighted by Crippen LogP contribution is 2.15. The lowest BCUT2D eigenvalue weighted by Gasteiger charge is -2.05. The molecular formula is C10H15N3O. The molecule has 0 aliphatic heterocycles. The van der Waals surface area contributed by atoms with Gasteiger partial charge in [-0.15, -0.1) is 0 Å². The quantitative estimate of drug-likeness (QED) is 0.626. The molecule has 0 aliphatic carbocycles. The van der Waals surface area contributed by atoms with Crippen molar-refractivity contribution in [3.8, 4) is 0 Å². The molecule has 4 heteroatoms. The van der Waals surface area contributed by atoms with E-state index in [-0.39, 0.29) is 5.91 Å². The van der Waals surface area contributed by atoms with Crippen LogP contribution < -0.4 is 16.8 Å². The third-order valence-corrected chi connectivity index (χ3v) is 1.88. The normalized spacial score (nSPS) is 9.79. The molecule has 0 unspecified atom stereocenters. The van der Waals surface area contributed by atoms with Gasteiger partial charge in [-0.25, -0.2) is 0 Å². The fourth-order valence-corrected chi connectivity index (χ4v) is 1.06. The summed E-state index contributed by atoms with van der Waals surface area (Å²) in [7, 11) is 0. The van der Waals surface area contributed by atoms with Gasteiger partial charge in [0.1, 0.15) is 0 Å². The van der Waals surface area contributed by atoms with Crippen LogP contribution in [0, 0.1) is 0 Å². The minimum Gasteiger partial charge on any atom is -0.397 e. The first-order valence-corrected chi connectivity index (χ1v) is 4.58. The zero-order valence-electron chi connectivity index (χ0n) is 8.21. The van der Waals surface area contributed by atoms with E-state index in [2.05, 4.69) is 5.32 Å². The molecule has 4 nitrogen and oxygen atoms in total. The van der Waals surface area contributed by atoms with E-state index in [1.165, 1.54) is 0 Å². The molecule has 1 aromatic rings. The van der Waals surface area contributed by atoms with Crippen LogP contribution in [0.5, 0.6) is 0 Å². The maximum Gasteiger partial charge on any atom is 0.251 e. The fourth-order valence-electron chi connectivity index (χ4n) is 1.06. The van der Waals surface area contributed by atoms with Crippen molar-refractivity contribution in [1.29, 1.82) is 0 Å². The number of carbonyl (C=O) groups is 1. The van der Waals surface area contributed by atoms with Crippen LogP contribution >= 0.6 is 0 Å². The van der Waals surface area contributed by atoms with Crippen LogP contribution in [-0.4, -0.2) is 12.5 Å². The molecule has 0 atom stereocenters. The Morgan fingerprint density at radius 2 is 2.07 bits per heavy atom. The van der Waals surface area contributed by atoms with Crippen LogP contribution in [0.2, 0.25) is 0 Å². The highest BCUT2D eigenvalue weighted by atomic mass is 16.1. The van der Waals surface area contributed by atoms with Crippen molar-refractivity contribution in [3.05, 3.63) is 23.8 Å². The van der Waals surface area contributed by atoms with Crippen molar-refractivity contribution in [2.24, 2.45) is 0 Å². The molecule has 0 saturated carbocycles. The van der Waals surface area contributed by atoms with Gasteiger partial charge in [0.15, 0.2) is 0 Å². The zero-order chi connectivity index (χ0) is 10.6. The monoisotopic (exact) mass is 193 g/mol. The van der Waals surface area contributed by atoms with E-state index in [4.69, 9.17) is 11.5 Å². The summed E-state index contributed by atoms with van der Waals surface area (Å²) in [6, 6.07) is 4.88. The van der Waals surface area contributed by atoms with Gasteiger partial charge < -0.3 is 16.8 Å². The summed E-state index contributed by atoms with van der Waals surface area (Å²) in [5, 5.41) is 2.76. The Hall–Kier alpha value is -1.71. The molecule has 14 heavy (non-hydrogen) atoms. The summed E-state index contributed by atoms with van der Waals surface area (Å²) in [6.07, 6.45) is 0.913. The number of hydrogen-bond acceptors (Lipinski definition) is 3. The molecule has 1 amide bonds. The van der Waals surface area contributed by atoms with Gasteiger partial charge >= 0.3 is 0 Å². The minimum atomic E-state index is -0.112. The number of nitrogens with two attached hydrogens (primary N) is 2. The summed E-state index contributed by atoms with van der Waals surface area (Å²) in [5.74, 6) is -0.112. The second-order valence-electron chi connectivity index (χ2n) is 3.10. The van der Waals surface area contributed by atoms with Crippen LogP contribution in [0.4, 0.5) is 11.4 Å². The predicted molar refractivity (Wildman–Crippen MR) is 57.9 cm³/mol. The largest absolute Gasteiger partial charge is 0.397 e. The molecule has 76 valence electrons. The number of rotatable bonds is 3. The lowest BCUT2D eigenvalue weighted by molar-refractivity contribution is 0.0953. The third-order valence-electron chi connectivity index (χ3n) is 1.88. The van der Waals surface area contributed by atoms with Crippen LogP contribution in [0.3, 0.4) is 0 Å². The predicted octanol–water partition coefficient (Wildman–Crippen LogP) is 0.991. The highest BCUT2D eigenvalue weighted by Gasteiger charge is 2.05. The molecule has 0 bridgehead atoms. The number of nitrogens with one attached hydrogen (secondary N) is 1. The first kappa shape index (κ1) is 10.4. The number of carbonyl (C=O) groups excluding carboxylic acids is 1. The van der Waals surface area contributed by atoms with Crippen molar-refractivity contribution in [2.45, 2.75) is 13.3 Å². The summed E-state index contributed by atoms with van der Waals surface area (Å²) >= 11 is 0. The molecule has 0 aromatic heterocycles. The SMILES string of the molecule is CCCNC(=O)c1ccc(N)c(N)c1. The molecule has 5 N–H and O–H groups in total. The second kappa shape index (κ2) is 4.50. The van der Waals surface area contributed by atoms with Crippen LogP contribution in [0.15, 0.2) is 18.2 Å². The van der Waals surface area contributed by atoms with Gasteiger partial charge in [0.05, 0.1) is 11.4 Å². The van der Waals surface area contributed by atoms with Crippen LogP contribution in [-0.2, 0) is 0 Å². The number of nitrogen functional groups attached to an aromatic ring is 2. The van der Waals surface area contributed by atoms with Crippen molar-refractivity contribution in [2.75, 3.05) is 18.0 Å².